The second kappa shape index (κ2) is 5.70. The van der Waals surface area contributed by atoms with Crippen molar-refractivity contribution in [2.75, 3.05) is 20.1 Å². The molecule has 1 fully saturated rings. The number of rotatable bonds is 3. The van der Waals surface area contributed by atoms with Gasteiger partial charge in [-0.25, -0.2) is 8.42 Å². The molecular formula is C13H17N3O2S. The fourth-order valence-electron chi connectivity index (χ4n) is 2.28. The summed E-state index contributed by atoms with van der Waals surface area (Å²) in [6.07, 6.45) is 1.81. The minimum atomic E-state index is -3.61. The molecule has 1 atom stereocenters. The molecule has 19 heavy (non-hydrogen) atoms. The van der Waals surface area contributed by atoms with Gasteiger partial charge in [0.15, 0.2) is 0 Å². The molecule has 0 bridgehead atoms. The van der Waals surface area contributed by atoms with E-state index in [0.29, 0.717) is 6.54 Å². The van der Waals surface area contributed by atoms with Crippen LogP contribution in [-0.2, 0) is 10.0 Å². The highest BCUT2D eigenvalue weighted by molar-refractivity contribution is 7.89. The lowest BCUT2D eigenvalue weighted by Gasteiger charge is -2.31. The summed E-state index contributed by atoms with van der Waals surface area (Å²) in [6, 6.07) is 8.21. The smallest absolute Gasteiger partial charge is 0.244 e. The van der Waals surface area contributed by atoms with Gasteiger partial charge < -0.3 is 5.32 Å². The molecule has 0 spiro atoms. The first-order chi connectivity index (χ1) is 9.07. The molecule has 1 saturated heterocycles. The number of likely N-dealkylation sites (N-methyl/N-ethyl adjacent to an activating group) is 1. The first kappa shape index (κ1) is 14.0. The predicted molar refractivity (Wildman–Crippen MR) is 72.0 cm³/mol. The Balaban J connectivity index is 2.34. The molecule has 2 rings (SSSR count). The van der Waals surface area contributed by atoms with Crippen molar-refractivity contribution in [3.63, 3.8) is 0 Å². The first-order valence-electron chi connectivity index (χ1n) is 6.25. The van der Waals surface area contributed by atoms with E-state index in [1.165, 1.54) is 16.4 Å². The van der Waals surface area contributed by atoms with E-state index in [9.17, 15) is 8.42 Å². The molecule has 0 radical (unpaired) electrons. The van der Waals surface area contributed by atoms with Gasteiger partial charge in [0.2, 0.25) is 10.0 Å². The molecule has 0 amide bonds. The Hall–Kier alpha value is -1.42. The maximum absolute atomic E-state index is 12.6. The lowest BCUT2D eigenvalue weighted by molar-refractivity contribution is 0.300. The van der Waals surface area contributed by atoms with Gasteiger partial charge in [0, 0.05) is 19.6 Å². The summed E-state index contributed by atoms with van der Waals surface area (Å²) < 4.78 is 26.5. The first-order valence-corrected chi connectivity index (χ1v) is 7.69. The largest absolute Gasteiger partial charge is 0.315 e. The van der Waals surface area contributed by atoms with Crippen molar-refractivity contribution in [2.45, 2.75) is 23.8 Å². The average molecular weight is 279 g/mol. The van der Waals surface area contributed by atoms with Crippen LogP contribution in [0.4, 0.5) is 0 Å². The molecule has 1 aromatic rings. The molecule has 0 saturated carbocycles. The molecule has 1 heterocycles. The lowest BCUT2D eigenvalue weighted by Crippen LogP contribution is -2.46. The standard InChI is InChI=1S/C13H17N3O2S/c1-16(12-6-4-8-15-10-12)19(17,18)13-7-3-2-5-11(13)9-14/h2-3,5,7,12,15H,4,6,8,10H2,1H3. The second-order valence-corrected chi connectivity index (χ2v) is 6.60. The summed E-state index contributed by atoms with van der Waals surface area (Å²) in [5.41, 5.74) is 0.193. The van der Waals surface area contributed by atoms with Crippen molar-refractivity contribution in [2.24, 2.45) is 0 Å². The summed E-state index contributed by atoms with van der Waals surface area (Å²) in [5.74, 6) is 0. The molecule has 6 heteroatoms. The van der Waals surface area contributed by atoms with Gasteiger partial charge in [-0.3, -0.25) is 0 Å². The Kier molecular flexibility index (Phi) is 4.20. The van der Waals surface area contributed by atoms with Crippen LogP contribution in [0.15, 0.2) is 29.2 Å². The normalized spacial score (nSPS) is 20.2. The van der Waals surface area contributed by atoms with Crippen LogP contribution in [0.3, 0.4) is 0 Å². The van der Waals surface area contributed by atoms with Crippen molar-refractivity contribution < 1.29 is 8.42 Å². The summed E-state index contributed by atoms with van der Waals surface area (Å²) in [7, 11) is -2.03. The lowest BCUT2D eigenvalue weighted by atomic mass is 10.1. The fraction of sp³-hybridized carbons (Fsp3) is 0.462. The summed E-state index contributed by atoms with van der Waals surface area (Å²) >= 11 is 0. The van der Waals surface area contributed by atoms with Gasteiger partial charge in [-0.1, -0.05) is 12.1 Å². The molecule has 1 N–H and O–H groups in total. The SMILES string of the molecule is CN(C1CCCNC1)S(=O)(=O)c1ccccc1C#N. The van der Waals surface area contributed by atoms with Crippen LogP contribution >= 0.6 is 0 Å². The number of piperidine rings is 1. The van der Waals surface area contributed by atoms with E-state index in [2.05, 4.69) is 5.32 Å². The molecule has 102 valence electrons. The maximum atomic E-state index is 12.6. The Bertz CT molecular complexity index is 586. The van der Waals surface area contributed by atoms with E-state index in [-0.39, 0.29) is 16.5 Å². The van der Waals surface area contributed by atoms with Gasteiger partial charge in [0.1, 0.15) is 6.07 Å². The number of nitrogens with zero attached hydrogens (tertiary/aromatic N) is 2. The molecule has 1 aliphatic heterocycles. The summed E-state index contributed by atoms with van der Waals surface area (Å²) in [4.78, 5) is 0.0885. The zero-order valence-corrected chi connectivity index (χ0v) is 11.7. The molecule has 1 unspecified atom stereocenters. The molecule has 0 aromatic heterocycles. The van der Waals surface area contributed by atoms with Crippen molar-refractivity contribution in [1.29, 1.82) is 5.26 Å². The van der Waals surface area contributed by atoms with E-state index in [0.717, 1.165) is 19.4 Å². The van der Waals surface area contributed by atoms with E-state index < -0.39 is 10.0 Å². The van der Waals surface area contributed by atoms with Crippen LogP contribution in [0, 0.1) is 11.3 Å². The third-order valence-electron chi connectivity index (χ3n) is 3.45. The monoisotopic (exact) mass is 279 g/mol. The Morgan fingerprint density at radius 2 is 2.16 bits per heavy atom. The van der Waals surface area contributed by atoms with Crippen LogP contribution < -0.4 is 5.32 Å². The van der Waals surface area contributed by atoms with E-state index in [1.807, 2.05) is 6.07 Å². The Morgan fingerprint density at radius 1 is 1.42 bits per heavy atom. The van der Waals surface area contributed by atoms with Gasteiger partial charge in [0.25, 0.3) is 0 Å². The highest BCUT2D eigenvalue weighted by Crippen LogP contribution is 2.22. The van der Waals surface area contributed by atoms with Gasteiger partial charge in [-0.2, -0.15) is 9.57 Å². The number of nitrogens with one attached hydrogen (secondary N) is 1. The number of sulfonamides is 1. The van der Waals surface area contributed by atoms with E-state index >= 15 is 0 Å². The zero-order valence-electron chi connectivity index (χ0n) is 10.8. The zero-order chi connectivity index (χ0) is 13.9. The number of hydrogen-bond donors (Lipinski definition) is 1. The average Bonchev–Trinajstić information content (AvgIpc) is 2.47. The highest BCUT2D eigenvalue weighted by atomic mass is 32.2. The van der Waals surface area contributed by atoms with Gasteiger partial charge >= 0.3 is 0 Å². The van der Waals surface area contributed by atoms with Crippen molar-refractivity contribution in [1.82, 2.24) is 9.62 Å². The minimum Gasteiger partial charge on any atom is -0.315 e. The highest BCUT2D eigenvalue weighted by Gasteiger charge is 2.30. The molecular weight excluding hydrogens is 262 g/mol. The van der Waals surface area contributed by atoms with Gasteiger partial charge in [0.05, 0.1) is 10.5 Å². The number of nitriles is 1. The third-order valence-corrected chi connectivity index (χ3v) is 5.42. The number of benzene rings is 1. The fourth-order valence-corrected chi connectivity index (χ4v) is 3.80. The molecule has 1 aromatic carbocycles. The van der Waals surface area contributed by atoms with E-state index in [1.54, 1.807) is 19.2 Å². The van der Waals surface area contributed by atoms with Gasteiger partial charge in [-0.15, -0.1) is 0 Å². The molecule has 0 aliphatic carbocycles. The quantitative estimate of drug-likeness (QED) is 0.893. The van der Waals surface area contributed by atoms with Crippen LogP contribution in [0.1, 0.15) is 18.4 Å². The van der Waals surface area contributed by atoms with Crippen molar-refractivity contribution >= 4 is 10.0 Å². The minimum absolute atomic E-state index is 0.0505. The maximum Gasteiger partial charge on any atom is 0.244 e. The van der Waals surface area contributed by atoms with Crippen molar-refractivity contribution in [3.05, 3.63) is 29.8 Å². The molecule has 5 nitrogen and oxygen atoms in total. The van der Waals surface area contributed by atoms with Crippen molar-refractivity contribution in [3.8, 4) is 6.07 Å². The topological polar surface area (TPSA) is 73.2 Å². The number of hydrogen-bond acceptors (Lipinski definition) is 4. The van der Waals surface area contributed by atoms with Crippen LogP contribution in [0.2, 0.25) is 0 Å². The second-order valence-electron chi connectivity index (χ2n) is 4.63. The summed E-state index contributed by atoms with van der Waals surface area (Å²) in [6.45, 7) is 1.59. The van der Waals surface area contributed by atoms with E-state index in [4.69, 9.17) is 5.26 Å². The predicted octanol–water partition coefficient (Wildman–Crippen LogP) is 0.931. The van der Waals surface area contributed by atoms with Crippen LogP contribution in [0.5, 0.6) is 0 Å². The Morgan fingerprint density at radius 3 is 2.79 bits per heavy atom. The van der Waals surface area contributed by atoms with Gasteiger partial charge in [-0.05, 0) is 31.5 Å². The third kappa shape index (κ3) is 2.78. The van der Waals surface area contributed by atoms with Crippen LogP contribution in [-0.4, -0.2) is 38.9 Å². The molecule has 1 aliphatic rings. The summed E-state index contributed by atoms with van der Waals surface area (Å²) in [5, 5.41) is 12.2. The Labute approximate surface area is 113 Å². The van der Waals surface area contributed by atoms with Crippen LogP contribution in [0.25, 0.3) is 0 Å².